The lowest BCUT2D eigenvalue weighted by Gasteiger charge is -2.19. The molecule has 1 atom stereocenters. The average molecular weight is 451 g/mol. The van der Waals surface area contributed by atoms with Gasteiger partial charge < -0.3 is 14.5 Å². The molecule has 0 aliphatic carbocycles. The molecule has 0 spiro atoms. The number of anilines is 1. The molecule has 9 heteroatoms. The summed E-state index contributed by atoms with van der Waals surface area (Å²) < 4.78 is 25.1. The summed E-state index contributed by atoms with van der Waals surface area (Å²) in [6.07, 6.45) is 0. The summed E-state index contributed by atoms with van der Waals surface area (Å²) in [6.45, 7) is 5.37. The number of methoxy groups -OCH3 is 1. The van der Waals surface area contributed by atoms with Gasteiger partial charge in [-0.2, -0.15) is 0 Å². The van der Waals surface area contributed by atoms with Crippen molar-refractivity contribution in [2.24, 2.45) is 0 Å². The van der Waals surface area contributed by atoms with Gasteiger partial charge in [0.15, 0.2) is 16.2 Å². The Balaban J connectivity index is 2.13. The second kappa shape index (κ2) is 9.06. The standard InChI is InChI=1S/C21H20ClFN2O4S/c1-5-30-21-10(2)18(26)14-9-12(23)8-13(19(14)29-21)11(3)24-15-6-7-16(22)25-17(15)20(27)28-4/h6-9,11,24H,5H2,1-4H3/t11-/m1/s1. The van der Waals surface area contributed by atoms with E-state index < -0.39 is 17.8 Å². The van der Waals surface area contributed by atoms with Crippen molar-refractivity contribution in [3.8, 4) is 0 Å². The number of hydrogen-bond acceptors (Lipinski definition) is 7. The van der Waals surface area contributed by atoms with Gasteiger partial charge in [0.25, 0.3) is 0 Å². The van der Waals surface area contributed by atoms with Crippen LogP contribution in [0.1, 0.15) is 41.5 Å². The van der Waals surface area contributed by atoms with E-state index in [4.69, 9.17) is 20.8 Å². The Hall–Kier alpha value is -2.58. The fourth-order valence-electron chi connectivity index (χ4n) is 3.07. The third-order valence-electron chi connectivity index (χ3n) is 4.52. The molecule has 30 heavy (non-hydrogen) atoms. The number of nitrogens with zero attached hydrogens (tertiary/aromatic N) is 1. The quantitative estimate of drug-likeness (QED) is 0.307. The number of carbonyl (C=O) groups is 1. The monoisotopic (exact) mass is 450 g/mol. The molecule has 3 rings (SSSR count). The van der Waals surface area contributed by atoms with Crippen molar-refractivity contribution in [3.63, 3.8) is 0 Å². The van der Waals surface area contributed by atoms with Crippen LogP contribution in [0, 0.1) is 12.7 Å². The van der Waals surface area contributed by atoms with E-state index in [0.29, 0.717) is 27.5 Å². The molecule has 2 heterocycles. The van der Waals surface area contributed by atoms with E-state index in [9.17, 15) is 14.0 Å². The van der Waals surface area contributed by atoms with E-state index in [1.807, 2.05) is 6.92 Å². The van der Waals surface area contributed by atoms with Crippen LogP contribution in [0.3, 0.4) is 0 Å². The summed E-state index contributed by atoms with van der Waals surface area (Å²) in [5.74, 6) is -0.505. The molecule has 0 bridgehead atoms. The van der Waals surface area contributed by atoms with Crippen LogP contribution < -0.4 is 10.7 Å². The number of thioether (sulfide) groups is 1. The first-order chi connectivity index (χ1) is 14.3. The topological polar surface area (TPSA) is 81.4 Å². The third-order valence-corrected chi connectivity index (χ3v) is 5.67. The number of ether oxygens (including phenoxy) is 1. The maximum absolute atomic E-state index is 14.4. The zero-order valence-electron chi connectivity index (χ0n) is 16.8. The van der Waals surface area contributed by atoms with Gasteiger partial charge in [-0.15, -0.1) is 0 Å². The molecule has 0 saturated carbocycles. The fourth-order valence-corrected chi connectivity index (χ4v) is 3.93. The lowest BCUT2D eigenvalue weighted by molar-refractivity contribution is 0.0595. The number of aromatic nitrogens is 1. The van der Waals surface area contributed by atoms with Crippen molar-refractivity contribution in [2.75, 3.05) is 18.2 Å². The largest absolute Gasteiger partial charge is 0.464 e. The van der Waals surface area contributed by atoms with Gasteiger partial charge in [-0.05, 0) is 43.9 Å². The number of rotatable bonds is 6. The van der Waals surface area contributed by atoms with E-state index in [1.54, 1.807) is 19.9 Å². The van der Waals surface area contributed by atoms with Crippen molar-refractivity contribution in [1.29, 1.82) is 0 Å². The predicted molar refractivity (Wildman–Crippen MR) is 116 cm³/mol. The fraction of sp³-hybridized carbons (Fsp3) is 0.286. The van der Waals surface area contributed by atoms with Gasteiger partial charge in [0.05, 0.1) is 24.2 Å². The second-order valence-corrected chi connectivity index (χ2v) is 8.16. The summed E-state index contributed by atoms with van der Waals surface area (Å²) in [7, 11) is 1.24. The molecule has 0 fully saturated rings. The molecule has 0 saturated heterocycles. The van der Waals surface area contributed by atoms with Crippen LogP contribution in [0.25, 0.3) is 11.0 Å². The molecule has 0 radical (unpaired) electrons. The van der Waals surface area contributed by atoms with Crippen molar-refractivity contribution < 1.29 is 18.3 Å². The van der Waals surface area contributed by atoms with Gasteiger partial charge >= 0.3 is 5.97 Å². The van der Waals surface area contributed by atoms with Gasteiger partial charge in [0.1, 0.15) is 16.6 Å². The molecule has 3 aromatic rings. The van der Waals surface area contributed by atoms with Gasteiger partial charge in [-0.3, -0.25) is 4.79 Å². The number of hydrogen-bond donors (Lipinski definition) is 1. The summed E-state index contributed by atoms with van der Waals surface area (Å²) in [5.41, 5.74) is 1.26. The van der Waals surface area contributed by atoms with Gasteiger partial charge in [-0.25, -0.2) is 14.2 Å². The number of carbonyl (C=O) groups excluding carboxylic acids is 1. The first-order valence-corrected chi connectivity index (χ1v) is 10.5. The summed E-state index contributed by atoms with van der Waals surface area (Å²) >= 11 is 7.31. The maximum Gasteiger partial charge on any atom is 0.358 e. The molecule has 0 unspecified atom stereocenters. The van der Waals surface area contributed by atoms with Gasteiger partial charge in [0.2, 0.25) is 0 Å². The van der Waals surface area contributed by atoms with Crippen molar-refractivity contribution >= 4 is 46.0 Å². The average Bonchev–Trinajstić information content (AvgIpc) is 2.72. The summed E-state index contributed by atoms with van der Waals surface area (Å²) in [4.78, 5) is 28.9. The molecule has 158 valence electrons. The number of fused-ring (bicyclic) bond motifs is 1. The second-order valence-electron chi connectivity index (χ2n) is 6.54. The SMILES string of the molecule is CCSc1oc2c([C@@H](C)Nc3ccc(Cl)nc3C(=O)OC)cc(F)cc2c(=O)c1C. The van der Waals surface area contributed by atoms with Crippen LogP contribution in [0.4, 0.5) is 10.1 Å². The third kappa shape index (κ3) is 4.29. The molecule has 6 nitrogen and oxygen atoms in total. The molecule has 1 N–H and O–H groups in total. The van der Waals surface area contributed by atoms with Crippen molar-refractivity contribution in [3.05, 3.63) is 62.3 Å². The minimum Gasteiger partial charge on any atom is -0.464 e. The maximum atomic E-state index is 14.4. The Morgan fingerprint density at radius 3 is 2.80 bits per heavy atom. The van der Waals surface area contributed by atoms with E-state index in [-0.39, 0.29) is 21.7 Å². The van der Waals surface area contributed by atoms with E-state index in [0.717, 1.165) is 5.75 Å². The van der Waals surface area contributed by atoms with Crippen LogP contribution >= 0.6 is 23.4 Å². The van der Waals surface area contributed by atoms with Crippen LogP contribution in [-0.4, -0.2) is 23.8 Å². The van der Waals surface area contributed by atoms with Crippen LogP contribution in [-0.2, 0) is 4.74 Å². The Morgan fingerprint density at radius 2 is 2.13 bits per heavy atom. The Labute approximate surface area is 181 Å². The number of halogens is 2. The molecule has 2 aromatic heterocycles. The van der Waals surface area contributed by atoms with Gasteiger partial charge in [-0.1, -0.05) is 30.3 Å². The molecule has 1 aromatic carbocycles. The highest BCUT2D eigenvalue weighted by Gasteiger charge is 2.21. The van der Waals surface area contributed by atoms with Crippen LogP contribution in [0.15, 0.2) is 38.6 Å². The Morgan fingerprint density at radius 1 is 1.40 bits per heavy atom. The number of nitrogens with one attached hydrogen (secondary N) is 1. The van der Waals surface area contributed by atoms with Crippen LogP contribution in [0.2, 0.25) is 5.15 Å². The Kier molecular flexibility index (Phi) is 6.67. The zero-order chi connectivity index (χ0) is 22.0. The molecule has 0 aliphatic heterocycles. The molecular formula is C21H20ClFN2O4S. The summed E-state index contributed by atoms with van der Waals surface area (Å²) in [5, 5.41) is 3.91. The molecular weight excluding hydrogens is 431 g/mol. The van der Waals surface area contributed by atoms with E-state index in [1.165, 1.54) is 37.1 Å². The lowest BCUT2D eigenvalue weighted by atomic mass is 10.0. The first kappa shape index (κ1) is 22.1. The van der Waals surface area contributed by atoms with Gasteiger partial charge in [0, 0.05) is 11.1 Å². The highest BCUT2D eigenvalue weighted by molar-refractivity contribution is 7.99. The number of pyridine rings is 1. The predicted octanol–water partition coefficient (Wildman–Crippen LogP) is 5.36. The molecule has 0 amide bonds. The summed E-state index contributed by atoms with van der Waals surface area (Å²) in [6, 6.07) is 5.05. The van der Waals surface area contributed by atoms with E-state index in [2.05, 4.69) is 10.3 Å². The lowest BCUT2D eigenvalue weighted by Crippen LogP contribution is -2.15. The Bertz CT molecular complexity index is 1180. The minimum atomic E-state index is -0.667. The highest BCUT2D eigenvalue weighted by Crippen LogP contribution is 2.32. The minimum absolute atomic E-state index is 0.00270. The van der Waals surface area contributed by atoms with E-state index >= 15 is 0 Å². The zero-order valence-corrected chi connectivity index (χ0v) is 18.4. The highest BCUT2D eigenvalue weighted by atomic mass is 35.5. The normalized spacial score (nSPS) is 12.1. The number of benzene rings is 1. The number of esters is 1. The molecule has 0 aliphatic rings. The van der Waals surface area contributed by atoms with Crippen LogP contribution in [0.5, 0.6) is 0 Å². The smallest absolute Gasteiger partial charge is 0.358 e. The first-order valence-electron chi connectivity index (χ1n) is 9.17. The van der Waals surface area contributed by atoms with Crippen molar-refractivity contribution in [1.82, 2.24) is 4.98 Å². The van der Waals surface area contributed by atoms with Crippen molar-refractivity contribution in [2.45, 2.75) is 31.9 Å².